The Labute approximate surface area is 111 Å². The van der Waals surface area contributed by atoms with Gasteiger partial charge in [-0.15, -0.1) is 0 Å². The van der Waals surface area contributed by atoms with Gasteiger partial charge in [0.2, 0.25) is 0 Å². The maximum Gasteiger partial charge on any atom is 0.0677 e. The highest BCUT2D eigenvalue weighted by molar-refractivity contribution is 8.32. The van der Waals surface area contributed by atoms with E-state index in [9.17, 15) is 0 Å². The van der Waals surface area contributed by atoms with E-state index in [1.807, 2.05) is 35.3 Å². The molecule has 0 aliphatic rings. The van der Waals surface area contributed by atoms with Gasteiger partial charge in [-0.1, -0.05) is 48.5 Å². The van der Waals surface area contributed by atoms with Crippen LogP contribution in [0.25, 0.3) is 0 Å². The molecule has 0 bridgehead atoms. The minimum Gasteiger partial charge on any atom is -0.302 e. The van der Waals surface area contributed by atoms with Gasteiger partial charge in [0.05, 0.1) is 11.6 Å². The van der Waals surface area contributed by atoms with E-state index in [0.29, 0.717) is 0 Å². The number of hydrogen-bond donors (Lipinski definition) is 1. The molecule has 0 aliphatic carbocycles. The third-order valence-corrected chi connectivity index (χ3v) is 5.40. The van der Waals surface area contributed by atoms with E-state index in [1.54, 1.807) is 0 Å². The zero-order valence-corrected chi connectivity index (χ0v) is 11.7. The van der Waals surface area contributed by atoms with Gasteiger partial charge in [0.15, 0.2) is 0 Å². The molecular weight excluding hydrogens is 240 g/mol. The van der Waals surface area contributed by atoms with Crippen molar-refractivity contribution in [3.05, 3.63) is 60.7 Å². The third kappa shape index (κ3) is 3.06. The van der Waals surface area contributed by atoms with E-state index >= 15 is 0 Å². The molecule has 3 heteroatoms. The zero-order chi connectivity index (χ0) is 13.0. The van der Waals surface area contributed by atoms with Crippen LogP contribution in [0.1, 0.15) is 0 Å². The Kier molecular flexibility index (Phi) is 3.94. The molecule has 96 valence electrons. The first-order chi connectivity index (χ1) is 8.59. The molecule has 0 atom stereocenters. The highest BCUT2D eigenvalue weighted by Gasteiger charge is 2.17. The first kappa shape index (κ1) is 13.0. The van der Waals surface area contributed by atoms with E-state index in [4.69, 9.17) is 5.84 Å². The Morgan fingerprint density at radius 1 is 0.889 bits per heavy atom. The fourth-order valence-electron chi connectivity index (χ4n) is 1.91. The van der Waals surface area contributed by atoms with Crippen LogP contribution in [0, 0.1) is 0 Å². The smallest absolute Gasteiger partial charge is 0.0677 e. The minimum atomic E-state index is -0.907. The number of benzene rings is 2. The molecule has 0 fully saturated rings. The fraction of sp³-hybridized carbons (Fsp3) is 0.200. The Hall–Kier alpha value is -1.45. The maximum atomic E-state index is 6.17. The van der Waals surface area contributed by atoms with Gasteiger partial charge in [-0.05, 0) is 29.5 Å². The van der Waals surface area contributed by atoms with E-state index in [2.05, 4.69) is 42.8 Å². The third-order valence-electron chi connectivity index (χ3n) is 2.93. The predicted octanol–water partition coefficient (Wildman–Crippen LogP) is 3.45. The molecule has 2 aromatic rings. The van der Waals surface area contributed by atoms with E-state index < -0.39 is 10.0 Å². The lowest BCUT2D eigenvalue weighted by Gasteiger charge is -2.36. The number of anilines is 1. The van der Waals surface area contributed by atoms with Crippen LogP contribution in [0.5, 0.6) is 0 Å². The van der Waals surface area contributed by atoms with Gasteiger partial charge in [0, 0.05) is 0 Å². The maximum absolute atomic E-state index is 6.17. The standard InChI is InChI=1S/C15H20N2S/c1-18(2,15-11-7-4-8-12-15)13-17(16)14-9-5-3-6-10-14/h3-12H,13,16H2,1-2H3. The molecule has 0 heterocycles. The molecular formula is C15H20N2S. The summed E-state index contributed by atoms with van der Waals surface area (Å²) in [7, 11) is -0.907. The summed E-state index contributed by atoms with van der Waals surface area (Å²) in [5.74, 6) is 7.03. The Balaban J connectivity index is 2.14. The van der Waals surface area contributed by atoms with Gasteiger partial charge < -0.3 is 5.01 Å². The van der Waals surface area contributed by atoms with Gasteiger partial charge in [0.1, 0.15) is 0 Å². The lowest BCUT2D eigenvalue weighted by atomic mass is 10.3. The van der Waals surface area contributed by atoms with Crippen LogP contribution in [0.2, 0.25) is 0 Å². The molecule has 0 saturated heterocycles. The van der Waals surface area contributed by atoms with Crippen LogP contribution >= 0.6 is 10.0 Å². The van der Waals surface area contributed by atoms with Crippen molar-refractivity contribution in [3.63, 3.8) is 0 Å². The van der Waals surface area contributed by atoms with Crippen molar-refractivity contribution in [2.75, 3.05) is 23.4 Å². The zero-order valence-electron chi connectivity index (χ0n) is 10.9. The molecule has 0 spiro atoms. The van der Waals surface area contributed by atoms with Crippen LogP contribution < -0.4 is 10.9 Å². The molecule has 2 aromatic carbocycles. The summed E-state index contributed by atoms with van der Waals surface area (Å²) in [6.07, 6.45) is 4.59. The van der Waals surface area contributed by atoms with Gasteiger partial charge in [-0.3, -0.25) is 0 Å². The molecule has 2 N–H and O–H groups in total. The molecule has 0 radical (unpaired) electrons. The summed E-state index contributed by atoms with van der Waals surface area (Å²) >= 11 is 0. The summed E-state index contributed by atoms with van der Waals surface area (Å²) < 4.78 is 0. The predicted molar refractivity (Wildman–Crippen MR) is 82.1 cm³/mol. The number of rotatable bonds is 4. The summed E-state index contributed by atoms with van der Waals surface area (Å²) in [4.78, 5) is 1.39. The number of nitrogens with zero attached hydrogens (tertiary/aromatic N) is 1. The van der Waals surface area contributed by atoms with Gasteiger partial charge >= 0.3 is 0 Å². The molecule has 2 nitrogen and oxygen atoms in total. The number of para-hydroxylation sites is 1. The van der Waals surface area contributed by atoms with E-state index in [0.717, 1.165) is 11.6 Å². The second-order valence-corrected chi connectivity index (χ2v) is 8.59. The lowest BCUT2D eigenvalue weighted by Crippen LogP contribution is -2.34. The average molecular weight is 260 g/mol. The van der Waals surface area contributed by atoms with Crippen LogP contribution in [0.15, 0.2) is 65.6 Å². The van der Waals surface area contributed by atoms with Crippen molar-refractivity contribution in [2.24, 2.45) is 5.84 Å². The Morgan fingerprint density at radius 2 is 1.39 bits per heavy atom. The lowest BCUT2D eigenvalue weighted by molar-refractivity contribution is 0.982. The average Bonchev–Trinajstić information content (AvgIpc) is 2.40. The normalized spacial score (nSPS) is 12.2. The largest absolute Gasteiger partial charge is 0.302 e. The van der Waals surface area contributed by atoms with Crippen LogP contribution in [0.4, 0.5) is 5.69 Å². The molecule has 2 rings (SSSR count). The van der Waals surface area contributed by atoms with Crippen LogP contribution in [-0.2, 0) is 0 Å². The number of nitrogens with two attached hydrogens (primary N) is 1. The molecule has 0 aromatic heterocycles. The highest BCUT2D eigenvalue weighted by atomic mass is 32.3. The SMILES string of the molecule is CS(C)(CN(N)c1ccccc1)c1ccccc1. The van der Waals surface area contributed by atoms with Crippen LogP contribution in [-0.4, -0.2) is 18.4 Å². The Bertz CT molecular complexity index is 482. The first-order valence-electron chi connectivity index (χ1n) is 5.93. The molecule has 18 heavy (non-hydrogen) atoms. The van der Waals surface area contributed by atoms with Crippen LogP contribution in [0.3, 0.4) is 0 Å². The molecule has 0 unspecified atom stereocenters. The fourth-order valence-corrected chi connectivity index (χ4v) is 3.79. The summed E-state index contributed by atoms with van der Waals surface area (Å²) in [5.41, 5.74) is 1.06. The molecule has 0 aliphatic heterocycles. The number of hydrogen-bond acceptors (Lipinski definition) is 2. The van der Waals surface area contributed by atoms with Crippen molar-refractivity contribution in [3.8, 4) is 0 Å². The Morgan fingerprint density at radius 3 is 1.94 bits per heavy atom. The van der Waals surface area contributed by atoms with Crippen molar-refractivity contribution in [2.45, 2.75) is 4.90 Å². The topological polar surface area (TPSA) is 29.3 Å². The van der Waals surface area contributed by atoms with Crippen molar-refractivity contribution in [1.82, 2.24) is 0 Å². The van der Waals surface area contributed by atoms with Gasteiger partial charge in [-0.2, -0.15) is 0 Å². The van der Waals surface area contributed by atoms with E-state index in [1.165, 1.54) is 4.90 Å². The molecule has 0 amide bonds. The second kappa shape index (κ2) is 5.46. The highest BCUT2D eigenvalue weighted by Crippen LogP contribution is 2.49. The van der Waals surface area contributed by atoms with Crippen molar-refractivity contribution in [1.29, 1.82) is 0 Å². The summed E-state index contributed by atoms with van der Waals surface area (Å²) in [6.45, 7) is 0. The van der Waals surface area contributed by atoms with Gasteiger partial charge in [-0.25, -0.2) is 15.9 Å². The minimum absolute atomic E-state index is 0.862. The van der Waals surface area contributed by atoms with E-state index in [-0.39, 0.29) is 0 Å². The quantitative estimate of drug-likeness (QED) is 0.674. The molecule has 0 saturated carbocycles. The summed E-state index contributed by atoms with van der Waals surface area (Å²) in [5, 5.41) is 1.85. The first-order valence-corrected chi connectivity index (χ1v) is 8.55. The van der Waals surface area contributed by atoms with Gasteiger partial charge in [0.25, 0.3) is 0 Å². The number of hydrazine groups is 1. The van der Waals surface area contributed by atoms with Crippen molar-refractivity contribution >= 4 is 15.7 Å². The summed E-state index contributed by atoms with van der Waals surface area (Å²) in [6, 6.07) is 20.7. The van der Waals surface area contributed by atoms with Crippen molar-refractivity contribution < 1.29 is 0 Å². The monoisotopic (exact) mass is 260 g/mol. The second-order valence-electron chi connectivity index (χ2n) is 4.79.